The molecule has 1 N–H and O–H groups in total. The van der Waals surface area contributed by atoms with E-state index in [1.54, 1.807) is 28.6 Å². The molecule has 214 valence electrons. The second kappa shape index (κ2) is 12.1. The number of benzene rings is 2. The fourth-order valence-electron chi connectivity index (χ4n) is 3.64. The molecule has 2 aromatic carbocycles. The van der Waals surface area contributed by atoms with Gasteiger partial charge in [-0.1, -0.05) is 20.8 Å². The Labute approximate surface area is 239 Å². The molecule has 4 rings (SSSR count). The molecule has 1 saturated heterocycles. The van der Waals surface area contributed by atoms with Crippen LogP contribution in [0.15, 0.2) is 48.0 Å². The molecule has 1 atom stereocenters. The third-order valence-electron chi connectivity index (χ3n) is 7.17. The van der Waals surface area contributed by atoms with Crippen molar-refractivity contribution in [3.8, 4) is 17.2 Å². The number of carbonyl (C=O) groups excluding carboxylic acids is 2. The maximum absolute atomic E-state index is 15.0. The lowest BCUT2D eigenvalue weighted by atomic mass is 10.1. The van der Waals surface area contributed by atoms with Gasteiger partial charge in [-0.2, -0.15) is 0 Å². The highest BCUT2D eigenvalue weighted by molar-refractivity contribution is 7.13. The Hall–Kier alpha value is -3.28. The van der Waals surface area contributed by atoms with Crippen LogP contribution in [-0.4, -0.2) is 55.8 Å². The Kier molecular flexibility index (Phi) is 8.96. The Bertz CT molecular complexity index is 1360. The summed E-state index contributed by atoms with van der Waals surface area (Å²) in [5, 5.41) is 5.01. The van der Waals surface area contributed by atoms with Crippen molar-refractivity contribution in [1.82, 2.24) is 9.88 Å². The van der Waals surface area contributed by atoms with E-state index in [1.807, 2.05) is 6.92 Å². The van der Waals surface area contributed by atoms with Crippen molar-refractivity contribution in [3.63, 3.8) is 0 Å². The first-order valence-electron chi connectivity index (χ1n) is 13.3. The SMILES string of the molecule is CC(CO[Si](C)(C)C(C)(C)C)Oc1cc(Oc2ccc(C(=O)N3CCC3)cc2F)cc(C(=O)Nc2nccs2)c1. The highest BCUT2D eigenvalue weighted by atomic mass is 32.1. The second-order valence-corrected chi connectivity index (χ2v) is 17.1. The number of amides is 2. The molecule has 8 nitrogen and oxygen atoms in total. The van der Waals surface area contributed by atoms with Crippen LogP contribution in [0, 0.1) is 5.82 Å². The third-order valence-corrected chi connectivity index (χ3v) is 12.4. The van der Waals surface area contributed by atoms with E-state index in [1.165, 1.54) is 35.6 Å². The number of likely N-dealkylation sites (tertiary alicyclic amines) is 1. The van der Waals surface area contributed by atoms with Crippen LogP contribution in [0.3, 0.4) is 0 Å². The molecule has 1 fully saturated rings. The van der Waals surface area contributed by atoms with Gasteiger partial charge in [-0.3, -0.25) is 14.9 Å². The first-order chi connectivity index (χ1) is 18.8. The van der Waals surface area contributed by atoms with E-state index in [4.69, 9.17) is 13.9 Å². The van der Waals surface area contributed by atoms with Crippen molar-refractivity contribution < 1.29 is 27.9 Å². The first-order valence-corrected chi connectivity index (χ1v) is 17.0. The smallest absolute Gasteiger partial charge is 0.257 e. The van der Waals surface area contributed by atoms with Gasteiger partial charge in [-0.05, 0) is 61.8 Å². The Morgan fingerprint density at radius 2 is 1.85 bits per heavy atom. The molecular weight excluding hydrogens is 549 g/mol. The van der Waals surface area contributed by atoms with E-state index >= 15 is 0 Å². The van der Waals surface area contributed by atoms with Crippen molar-refractivity contribution in [1.29, 1.82) is 0 Å². The van der Waals surface area contributed by atoms with E-state index in [-0.39, 0.29) is 39.7 Å². The van der Waals surface area contributed by atoms with Crippen LogP contribution in [0.25, 0.3) is 0 Å². The van der Waals surface area contributed by atoms with Crippen LogP contribution in [0.4, 0.5) is 9.52 Å². The van der Waals surface area contributed by atoms with Gasteiger partial charge in [0.15, 0.2) is 25.0 Å². The van der Waals surface area contributed by atoms with Crippen LogP contribution < -0.4 is 14.8 Å². The average molecular weight is 586 g/mol. The molecule has 1 aromatic heterocycles. The number of hydrogen-bond acceptors (Lipinski definition) is 7. The summed E-state index contributed by atoms with van der Waals surface area (Å²) in [4.78, 5) is 31.2. The number of nitrogens with zero attached hydrogens (tertiary/aromatic N) is 2. The van der Waals surface area contributed by atoms with Gasteiger partial charge in [0, 0.05) is 41.9 Å². The number of anilines is 1. The zero-order chi connectivity index (χ0) is 29.1. The zero-order valence-corrected chi connectivity index (χ0v) is 25.6. The standard InChI is InChI=1S/C29H36FN3O5SSi/c1-19(18-36-40(5,6)29(2,3)4)37-22-14-21(26(34)32-28-31-10-13-39-28)15-23(17-22)38-25-9-8-20(16-24(25)30)27(35)33-11-7-12-33/h8-10,13-17,19H,7,11-12,18H2,1-6H3,(H,31,32,34). The van der Waals surface area contributed by atoms with Crippen molar-refractivity contribution in [2.24, 2.45) is 0 Å². The average Bonchev–Trinajstić information content (AvgIpc) is 3.35. The maximum Gasteiger partial charge on any atom is 0.257 e. The molecule has 1 unspecified atom stereocenters. The van der Waals surface area contributed by atoms with E-state index in [0.717, 1.165) is 6.42 Å². The van der Waals surface area contributed by atoms with Gasteiger partial charge < -0.3 is 18.8 Å². The molecule has 0 radical (unpaired) electrons. The molecule has 1 aliphatic heterocycles. The summed E-state index contributed by atoms with van der Waals surface area (Å²) in [5.41, 5.74) is 0.519. The quantitative estimate of drug-likeness (QED) is 0.259. The number of rotatable bonds is 10. The Balaban J connectivity index is 1.54. The van der Waals surface area contributed by atoms with Crippen molar-refractivity contribution >= 4 is 36.6 Å². The van der Waals surface area contributed by atoms with Crippen molar-refractivity contribution in [2.75, 3.05) is 25.0 Å². The number of nitrogens with one attached hydrogen (secondary N) is 1. The lowest BCUT2D eigenvalue weighted by Crippen LogP contribution is -2.43. The van der Waals surface area contributed by atoms with Crippen molar-refractivity contribution in [2.45, 2.75) is 58.4 Å². The summed E-state index contributed by atoms with van der Waals surface area (Å²) in [6.45, 7) is 14.5. The summed E-state index contributed by atoms with van der Waals surface area (Å²) < 4.78 is 33.3. The predicted molar refractivity (Wildman–Crippen MR) is 157 cm³/mol. The number of ether oxygens (including phenoxy) is 2. The van der Waals surface area contributed by atoms with Gasteiger partial charge in [0.1, 0.15) is 17.6 Å². The van der Waals surface area contributed by atoms with Crippen LogP contribution in [0.2, 0.25) is 18.1 Å². The molecule has 3 aromatic rings. The maximum atomic E-state index is 15.0. The van der Waals surface area contributed by atoms with E-state index < -0.39 is 20.0 Å². The Morgan fingerprint density at radius 3 is 2.45 bits per heavy atom. The van der Waals surface area contributed by atoms with Gasteiger partial charge in [-0.25, -0.2) is 9.37 Å². The minimum atomic E-state index is -1.98. The lowest BCUT2D eigenvalue weighted by molar-refractivity contribution is 0.0651. The van der Waals surface area contributed by atoms with Gasteiger partial charge in [0.25, 0.3) is 11.8 Å². The molecule has 1 aliphatic rings. The summed E-state index contributed by atoms with van der Waals surface area (Å²) in [7, 11) is -1.98. The lowest BCUT2D eigenvalue weighted by Gasteiger charge is -2.36. The summed E-state index contributed by atoms with van der Waals surface area (Å²) in [6.07, 6.45) is 2.23. The highest BCUT2D eigenvalue weighted by Gasteiger charge is 2.37. The van der Waals surface area contributed by atoms with Crippen molar-refractivity contribution in [3.05, 3.63) is 64.9 Å². The highest BCUT2D eigenvalue weighted by Crippen LogP contribution is 2.37. The van der Waals surface area contributed by atoms with Crippen LogP contribution in [0.5, 0.6) is 17.2 Å². The summed E-state index contributed by atoms with van der Waals surface area (Å²) in [6, 6.07) is 8.83. The molecule has 2 heterocycles. The largest absolute Gasteiger partial charge is 0.488 e. The Morgan fingerprint density at radius 1 is 1.12 bits per heavy atom. The van der Waals surface area contributed by atoms with E-state index in [9.17, 15) is 14.0 Å². The number of thiazole rings is 1. The number of aromatic nitrogens is 1. The fourth-order valence-corrected chi connectivity index (χ4v) is 5.25. The predicted octanol–water partition coefficient (Wildman–Crippen LogP) is 6.96. The number of hydrogen-bond donors (Lipinski definition) is 1. The normalized spacial score (nSPS) is 14.3. The molecule has 11 heteroatoms. The topological polar surface area (TPSA) is 90.0 Å². The van der Waals surface area contributed by atoms with Gasteiger partial charge in [0.05, 0.1) is 6.61 Å². The molecule has 40 heavy (non-hydrogen) atoms. The zero-order valence-electron chi connectivity index (χ0n) is 23.7. The minimum absolute atomic E-state index is 0.0566. The minimum Gasteiger partial charge on any atom is -0.488 e. The molecular formula is C29H36FN3O5SSi. The van der Waals surface area contributed by atoms with Crippen LogP contribution in [0.1, 0.15) is 54.8 Å². The molecule has 0 aliphatic carbocycles. The van der Waals surface area contributed by atoms with E-state index in [0.29, 0.717) is 30.6 Å². The molecule has 2 amide bonds. The number of halogens is 1. The number of carbonyl (C=O) groups is 2. The van der Waals surface area contributed by atoms with Crippen LogP contribution in [-0.2, 0) is 4.43 Å². The molecule has 0 saturated carbocycles. The first kappa shape index (κ1) is 29.7. The van der Waals surface area contributed by atoms with Gasteiger partial charge >= 0.3 is 0 Å². The summed E-state index contributed by atoms with van der Waals surface area (Å²) >= 11 is 1.29. The van der Waals surface area contributed by atoms with Gasteiger partial charge in [0.2, 0.25) is 0 Å². The molecule has 0 spiro atoms. The monoisotopic (exact) mass is 585 g/mol. The summed E-state index contributed by atoms with van der Waals surface area (Å²) in [5.74, 6) is -0.785. The van der Waals surface area contributed by atoms with Crippen LogP contribution >= 0.6 is 11.3 Å². The third kappa shape index (κ3) is 7.26. The molecule has 0 bridgehead atoms. The van der Waals surface area contributed by atoms with E-state index in [2.05, 4.69) is 44.2 Å². The second-order valence-electron chi connectivity index (χ2n) is 11.4. The fraction of sp³-hybridized carbons (Fsp3) is 0.414. The van der Waals surface area contributed by atoms with Gasteiger partial charge in [-0.15, -0.1) is 11.3 Å².